The minimum Gasteiger partial charge on any atom is -0.357 e. The summed E-state index contributed by atoms with van der Waals surface area (Å²) < 4.78 is 27.0. The number of nitrogens with zero attached hydrogens (tertiary/aromatic N) is 4. The molecular formula is C20H27N5O2S. The molecule has 2 aliphatic heterocycles. The first-order valence-electron chi connectivity index (χ1n) is 10.1. The zero-order valence-electron chi connectivity index (χ0n) is 16.0. The van der Waals surface area contributed by atoms with E-state index in [1.165, 1.54) is 25.5 Å². The standard InChI is InChI=1S/C20H27N5O2S/c26-28(27,25-13-5-2-6-14-25)18-8-9-19(21-16-18)23-17-7-10-20(22-15-17)24-11-3-1-4-12-24/h7-10,15-16H,1-6,11-14H2,(H,21,23). The first-order valence-corrected chi connectivity index (χ1v) is 11.5. The van der Waals surface area contributed by atoms with Gasteiger partial charge in [0, 0.05) is 32.4 Å². The van der Waals surface area contributed by atoms with Crippen molar-refractivity contribution in [1.29, 1.82) is 0 Å². The van der Waals surface area contributed by atoms with Crippen LogP contribution in [-0.2, 0) is 10.0 Å². The average molecular weight is 402 g/mol. The molecule has 0 amide bonds. The lowest BCUT2D eigenvalue weighted by Crippen LogP contribution is -2.35. The molecule has 8 heteroatoms. The van der Waals surface area contributed by atoms with Crippen LogP contribution in [0.3, 0.4) is 0 Å². The Morgan fingerprint density at radius 1 is 0.786 bits per heavy atom. The number of piperidine rings is 2. The lowest BCUT2D eigenvalue weighted by molar-refractivity contribution is 0.346. The van der Waals surface area contributed by atoms with Gasteiger partial charge in [0.15, 0.2) is 0 Å². The van der Waals surface area contributed by atoms with Crippen LogP contribution in [0.15, 0.2) is 41.6 Å². The number of rotatable bonds is 5. The summed E-state index contributed by atoms with van der Waals surface area (Å²) in [6.07, 6.45) is 9.91. The van der Waals surface area contributed by atoms with Gasteiger partial charge in [-0.3, -0.25) is 0 Å². The summed E-state index contributed by atoms with van der Waals surface area (Å²) in [6.45, 7) is 3.32. The van der Waals surface area contributed by atoms with Crippen molar-refractivity contribution in [1.82, 2.24) is 14.3 Å². The van der Waals surface area contributed by atoms with Crippen LogP contribution in [0.4, 0.5) is 17.3 Å². The Balaban J connectivity index is 1.41. The number of hydrogen-bond acceptors (Lipinski definition) is 6. The maximum absolute atomic E-state index is 12.7. The Morgan fingerprint density at radius 2 is 1.50 bits per heavy atom. The van der Waals surface area contributed by atoms with Crippen LogP contribution in [0.2, 0.25) is 0 Å². The molecule has 7 nitrogen and oxygen atoms in total. The normalized spacial score (nSPS) is 18.8. The van der Waals surface area contributed by atoms with E-state index in [2.05, 4.69) is 20.2 Å². The molecule has 0 spiro atoms. The molecule has 0 atom stereocenters. The van der Waals surface area contributed by atoms with Gasteiger partial charge in [0.25, 0.3) is 0 Å². The first kappa shape index (κ1) is 19.1. The van der Waals surface area contributed by atoms with Crippen LogP contribution in [0.25, 0.3) is 0 Å². The number of anilines is 3. The van der Waals surface area contributed by atoms with Gasteiger partial charge >= 0.3 is 0 Å². The van der Waals surface area contributed by atoms with E-state index in [0.29, 0.717) is 18.9 Å². The van der Waals surface area contributed by atoms with Crippen molar-refractivity contribution in [2.45, 2.75) is 43.4 Å². The molecule has 0 radical (unpaired) electrons. The molecule has 0 aliphatic carbocycles. The first-order chi connectivity index (χ1) is 13.6. The molecule has 2 aromatic rings. The van der Waals surface area contributed by atoms with E-state index in [4.69, 9.17) is 0 Å². The molecule has 0 saturated carbocycles. The van der Waals surface area contributed by atoms with Crippen molar-refractivity contribution in [3.05, 3.63) is 36.7 Å². The molecule has 150 valence electrons. The third kappa shape index (κ3) is 4.28. The predicted octanol–water partition coefficient (Wildman–Crippen LogP) is 3.39. The molecule has 0 aromatic carbocycles. The highest BCUT2D eigenvalue weighted by molar-refractivity contribution is 7.89. The van der Waals surface area contributed by atoms with E-state index in [0.717, 1.165) is 43.9 Å². The van der Waals surface area contributed by atoms with Gasteiger partial charge in [-0.15, -0.1) is 0 Å². The van der Waals surface area contributed by atoms with E-state index in [-0.39, 0.29) is 4.90 Å². The molecule has 2 aromatic heterocycles. The van der Waals surface area contributed by atoms with Gasteiger partial charge in [0.05, 0.1) is 11.9 Å². The maximum Gasteiger partial charge on any atom is 0.244 e. The fraction of sp³-hybridized carbons (Fsp3) is 0.500. The maximum atomic E-state index is 12.7. The summed E-state index contributed by atoms with van der Waals surface area (Å²) in [7, 11) is -3.44. The van der Waals surface area contributed by atoms with Gasteiger partial charge in [-0.2, -0.15) is 4.31 Å². The van der Waals surface area contributed by atoms with Crippen LogP contribution in [0.5, 0.6) is 0 Å². The van der Waals surface area contributed by atoms with Crippen LogP contribution < -0.4 is 10.2 Å². The molecule has 0 bridgehead atoms. The highest BCUT2D eigenvalue weighted by Gasteiger charge is 2.26. The Morgan fingerprint density at radius 3 is 2.11 bits per heavy atom. The summed E-state index contributed by atoms with van der Waals surface area (Å²) in [5.74, 6) is 1.60. The monoisotopic (exact) mass is 401 g/mol. The van der Waals surface area contributed by atoms with Crippen LogP contribution in [0.1, 0.15) is 38.5 Å². The van der Waals surface area contributed by atoms with Crippen molar-refractivity contribution < 1.29 is 8.42 Å². The van der Waals surface area contributed by atoms with Crippen molar-refractivity contribution in [3.63, 3.8) is 0 Å². The van der Waals surface area contributed by atoms with E-state index in [1.807, 2.05) is 12.1 Å². The van der Waals surface area contributed by atoms with Crippen molar-refractivity contribution >= 4 is 27.3 Å². The van der Waals surface area contributed by atoms with Gasteiger partial charge in [-0.1, -0.05) is 6.42 Å². The Bertz CT molecular complexity index is 872. The molecule has 2 aliphatic rings. The van der Waals surface area contributed by atoms with Crippen LogP contribution >= 0.6 is 0 Å². The zero-order chi connectivity index (χ0) is 19.4. The van der Waals surface area contributed by atoms with E-state index in [9.17, 15) is 8.42 Å². The summed E-state index contributed by atoms with van der Waals surface area (Å²) in [5, 5.41) is 3.19. The Labute approximate surface area is 166 Å². The molecule has 0 unspecified atom stereocenters. The van der Waals surface area contributed by atoms with E-state index < -0.39 is 10.0 Å². The fourth-order valence-corrected chi connectivity index (χ4v) is 5.24. The van der Waals surface area contributed by atoms with Crippen molar-refractivity contribution in [2.24, 2.45) is 0 Å². The predicted molar refractivity (Wildman–Crippen MR) is 110 cm³/mol. The van der Waals surface area contributed by atoms with Crippen LogP contribution in [-0.4, -0.2) is 48.9 Å². The lowest BCUT2D eigenvalue weighted by atomic mass is 10.1. The smallest absolute Gasteiger partial charge is 0.244 e. The average Bonchev–Trinajstić information content (AvgIpc) is 2.76. The fourth-order valence-electron chi connectivity index (χ4n) is 3.78. The summed E-state index contributed by atoms with van der Waals surface area (Å²) in [5.41, 5.74) is 0.833. The topological polar surface area (TPSA) is 78.4 Å². The second-order valence-corrected chi connectivity index (χ2v) is 9.36. The molecule has 28 heavy (non-hydrogen) atoms. The quantitative estimate of drug-likeness (QED) is 0.827. The largest absolute Gasteiger partial charge is 0.357 e. The van der Waals surface area contributed by atoms with Gasteiger partial charge < -0.3 is 10.2 Å². The van der Waals surface area contributed by atoms with Gasteiger partial charge in [-0.25, -0.2) is 18.4 Å². The van der Waals surface area contributed by atoms with Gasteiger partial charge in [0.2, 0.25) is 10.0 Å². The summed E-state index contributed by atoms with van der Waals surface area (Å²) in [6, 6.07) is 7.32. The molecule has 1 N–H and O–H groups in total. The number of aromatic nitrogens is 2. The minimum atomic E-state index is -3.44. The van der Waals surface area contributed by atoms with Crippen molar-refractivity contribution in [3.8, 4) is 0 Å². The Hall–Kier alpha value is -2.19. The second-order valence-electron chi connectivity index (χ2n) is 7.42. The van der Waals surface area contributed by atoms with Gasteiger partial charge in [-0.05, 0) is 56.4 Å². The Kier molecular flexibility index (Phi) is 5.77. The number of nitrogens with one attached hydrogen (secondary N) is 1. The van der Waals surface area contributed by atoms with Gasteiger partial charge in [0.1, 0.15) is 16.5 Å². The number of sulfonamides is 1. The minimum absolute atomic E-state index is 0.249. The summed E-state index contributed by atoms with van der Waals surface area (Å²) >= 11 is 0. The van der Waals surface area contributed by atoms with Crippen LogP contribution in [0, 0.1) is 0 Å². The lowest BCUT2D eigenvalue weighted by Gasteiger charge is -2.27. The third-order valence-electron chi connectivity index (χ3n) is 5.39. The summed E-state index contributed by atoms with van der Waals surface area (Å²) in [4.78, 5) is 11.4. The number of pyridine rings is 2. The second kappa shape index (κ2) is 8.45. The molecule has 2 fully saturated rings. The highest BCUT2D eigenvalue weighted by Crippen LogP contribution is 2.23. The molecule has 4 heterocycles. The van der Waals surface area contributed by atoms with E-state index in [1.54, 1.807) is 22.6 Å². The SMILES string of the molecule is O=S(=O)(c1ccc(Nc2ccc(N3CCCCC3)nc2)nc1)N1CCCCC1. The number of hydrogen-bond donors (Lipinski definition) is 1. The molecular weight excluding hydrogens is 374 g/mol. The highest BCUT2D eigenvalue weighted by atomic mass is 32.2. The van der Waals surface area contributed by atoms with Crippen molar-refractivity contribution in [2.75, 3.05) is 36.4 Å². The molecule has 4 rings (SSSR count). The van der Waals surface area contributed by atoms with E-state index >= 15 is 0 Å². The molecule has 2 saturated heterocycles. The zero-order valence-corrected chi connectivity index (χ0v) is 16.9. The third-order valence-corrected chi connectivity index (χ3v) is 7.27.